The molecule has 0 aliphatic carbocycles. The standard InChI is InChI=1S/C20H19ClFN5OS/c21-14-7-12(1-2-15(14)22)25-18-13-8-17(29-20(13)24-10-23-18)19(28)26-16-9-27-5-3-11(16)4-6-27/h1-2,7-8,10-11,16H,3-6,9H2,(H,26,28)(H,23,24,25). The van der Waals surface area contributed by atoms with E-state index in [4.69, 9.17) is 11.6 Å². The van der Waals surface area contributed by atoms with E-state index in [1.54, 1.807) is 6.07 Å². The van der Waals surface area contributed by atoms with Gasteiger partial charge < -0.3 is 15.5 Å². The van der Waals surface area contributed by atoms with Gasteiger partial charge in [-0.2, -0.15) is 0 Å². The van der Waals surface area contributed by atoms with E-state index in [-0.39, 0.29) is 17.0 Å². The van der Waals surface area contributed by atoms with Crippen molar-refractivity contribution >= 4 is 50.6 Å². The van der Waals surface area contributed by atoms with Crippen LogP contribution >= 0.6 is 22.9 Å². The van der Waals surface area contributed by atoms with Gasteiger partial charge in [-0.05, 0) is 56.1 Å². The Balaban J connectivity index is 1.38. The Hall–Kier alpha value is -2.29. The lowest BCUT2D eigenvalue weighted by Gasteiger charge is -2.44. The number of benzene rings is 1. The van der Waals surface area contributed by atoms with E-state index >= 15 is 0 Å². The van der Waals surface area contributed by atoms with Crippen molar-refractivity contribution in [3.63, 3.8) is 0 Å². The molecule has 0 spiro atoms. The van der Waals surface area contributed by atoms with E-state index < -0.39 is 5.82 Å². The monoisotopic (exact) mass is 431 g/mol. The maximum absolute atomic E-state index is 13.4. The Bertz CT molecular complexity index is 1080. The predicted octanol–water partition coefficient (Wildman–Crippen LogP) is 4.05. The van der Waals surface area contributed by atoms with Crippen LogP contribution in [-0.2, 0) is 0 Å². The summed E-state index contributed by atoms with van der Waals surface area (Å²) in [6.07, 6.45) is 3.75. The van der Waals surface area contributed by atoms with Gasteiger partial charge in [0.1, 0.15) is 22.8 Å². The minimum Gasteiger partial charge on any atom is -0.347 e. The second-order valence-corrected chi connectivity index (χ2v) is 8.96. The second kappa shape index (κ2) is 7.51. The Morgan fingerprint density at radius 1 is 1.24 bits per heavy atom. The number of carbonyl (C=O) groups excluding carboxylic acids is 1. The lowest BCUT2D eigenvalue weighted by Crippen LogP contribution is -2.57. The molecular weight excluding hydrogens is 413 g/mol. The fraction of sp³-hybridized carbons (Fsp3) is 0.350. The van der Waals surface area contributed by atoms with Crippen molar-refractivity contribution in [3.8, 4) is 0 Å². The average molecular weight is 432 g/mol. The number of carbonyl (C=O) groups is 1. The predicted molar refractivity (Wildman–Crippen MR) is 113 cm³/mol. The molecule has 5 heterocycles. The highest BCUT2D eigenvalue weighted by Crippen LogP contribution is 2.32. The van der Waals surface area contributed by atoms with Gasteiger partial charge in [0.05, 0.1) is 15.3 Å². The lowest BCUT2D eigenvalue weighted by atomic mass is 9.84. The van der Waals surface area contributed by atoms with Crippen LogP contribution in [0.3, 0.4) is 0 Å². The number of nitrogens with one attached hydrogen (secondary N) is 2. The van der Waals surface area contributed by atoms with Crippen LogP contribution in [0.1, 0.15) is 22.5 Å². The summed E-state index contributed by atoms with van der Waals surface area (Å²) in [7, 11) is 0. The zero-order valence-electron chi connectivity index (χ0n) is 15.5. The first-order valence-electron chi connectivity index (χ1n) is 9.56. The summed E-state index contributed by atoms with van der Waals surface area (Å²) >= 11 is 7.20. The van der Waals surface area contributed by atoms with Crippen LogP contribution in [0, 0.1) is 11.7 Å². The van der Waals surface area contributed by atoms with Crippen LogP contribution in [0.15, 0.2) is 30.6 Å². The van der Waals surface area contributed by atoms with Gasteiger partial charge in [0.2, 0.25) is 0 Å². The van der Waals surface area contributed by atoms with Crippen LogP contribution in [0.2, 0.25) is 5.02 Å². The van der Waals surface area contributed by atoms with Crippen molar-refractivity contribution in [3.05, 3.63) is 46.3 Å². The highest BCUT2D eigenvalue weighted by atomic mass is 35.5. The summed E-state index contributed by atoms with van der Waals surface area (Å²) in [4.78, 5) is 25.2. The highest BCUT2D eigenvalue weighted by molar-refractivity contribution is 7.20. The topological polar surface area (TPSA) is 70.2 Å². The molecule has 0 radical (unpaired) electrons. The molecule has 2 N–H and O–H groups in total. The SMILES string of the molecule is O=C(NC1CN2CCC1CC2)c1cc2c(Nc3ccc(F)c(Cl)c3)ncnc2s1. The minimum absolute atomic E-state index is 0.0307. The molecule has 150 valence electrons. The van der Waals surface area contributed by atoms with Crippen molar-refractivity contribution in [2.75, 3.05) is 25.0 Å². The van der Waals surface area contributed by atoms with Crippen molar-refractivity contribution in [1.82, 2.24) is 20.2 Å². The number of hydrogen-bond donors (Lipinski definition) is 2. The van der Waals surface area contributed by atoms with Crippen molar-refractivity contribution in [2.24, 2.45) is 5.92 Å². The molecule has 29 heavy (non-hydrogen) atoms. The molecule has 0 saturated carbocycles. The van der Waals surface area contributed by atoms with Crippen LogP contribution in [0.5, 0.6) is 0 Å². The van der Waals surface area contributed by atoms with E-state index in [0.717, 1.165) is 42.7 Å². The lowest BCUT2D eigenvalue weighted by molar-refractivity contribution is 0.0622. The van der Waals surface area contributed by atoms with Gasteiger partial charge in [0, 0.05) is 18.3 Å². The number of rotatable bonds is 4. The zero-order valence-corrected chi connectivity index (χ0v) is 17.1. The molecule has 3 aliphatic rings. The van der Waals surface area contributed by atoms with Gasteiger partial charge in [0.25, 0.3) is 5.91 Å². The molecule has 1 unspecified atom stereocenters. The third-order valence-electron chi connectivity index (χ3n) is 5.71. The molecule has 1 atom stereocenters. The molecule has 3 saturated heterocycles. The van der Waals surface area contributed by atoms with Gasteiger partial charge in [-0.25, -0.2) is 14.4 Å². The summed E-state index contributed by atoms with van der Waals surface area (Å²) in [6.45, 7) is 3.20. The largest absolute Gasteiger partial charge is 0.347 e. The Labute approximate surface area is 176 Å². The number of aromatic nitrogens is 2. The fourth-order valence-corrected chi connectivity index (χ4v) is 5.23. The average Bonchev–Trinajstić information content (AvgIpc) is 3.17. The van der Waals surface area contributed by atoms with Crippen LogP contribution < -0.4 is 10.6 Å². The van der Waals surface area contributed by atoms with Gasteiger partial charge >= 0.3 is 0 Å². The first kappa shape index (κ1) is 18.7. The quantitative estimate of drug-likeness (QED) is 0.652. The summed E-state index contributed by atoms with van der Waals surface area (Å²) in [5.41, 5.74) is 0.612. The Kier molecular flexibility index (Phi) is 4.85. The first-order chi connectivity index (χ1) is 14.1. The number of nitrogens with zero attached hydrogens (tertiary/aromatic N) is 3. The molecule has 6 rings (SSSR count). The Morgan fingerprint density at radius 3 is 2.79 bits per heavy atom. The molecule has 1 amide bonds. The van der Waals surface area contributed by atoms with Crippen LogP contribution in [0.25, 0.3) is 10.2 Å². The maximum atomic E-state index is 13.4. The van der Waals surface area contributed by atoms with Gasteiger partial charge in [-0.3, -0.25) is 4.79 Å². The minimum atomic E-state index is -0.479. The molecule has 3 fully saturated rings. The smallest absolute Gasteiger partial charge is 0.261 e. The van der Waals surface area contributed by atoms with Gasteiger partial charge in [-0.1, -0.05) is 11.6 Å². The zero-order chi connectivity index (χ0) is 20.0. The molecule has 9 heteroatoms. The van der Waals surface area contributed by atoms with Gasteiger partial charge in [0.15, 0.2) is 0 Å². The van der Waals surface area contributed by atoms with Crippen molar-refractivity contribution in [2.45, 2.75) is 18.9 Å². The Morgan fingerprint density at radius 2 is 2.07 bits per heavy atom. The van der Waals surface area contributed by atoms with E-state index in [1.807, 2.05) is 6.07 Å². The van der Waals surface area contributed by atoms with Crippen LogP contribution in [0.4, 0.5) is 15.9 Å². The third kappa shape index (κ3) is 3.68. The molecule has 3 aliphatic heterocycles. The van der Waals surface area contributed by atoms with E-state index in [0.29, 0.717) is 22.3 Å². The molecular formula is C20H19ClFN5OS. The van der Waals surface area contributed by atoms with Crippen molar-refractivity contribution < 1.29 is 9.18 Å². The van der Waals surface area contributed by atoms with E-state index in [2.05, 4.69) is 25.5 Å². The summed E-state index contributed by atoms with van der Waals surface area (Å²) in [6, 6.07) is 6.40. The number of amides is 1. The summed E-state index contributed by atoms with van der Waals surface area (Å²) in [5, 5.41) is 7.13. The van der Waals surface area contributed by atoms with Crippen LogP contribution in [-0.4, -0.2) is 46.5 Å². The number of halogens is 2. The number of anilines is 2. The summed E-state index contributed by atoms with van der Waals surface area (Å²) < 4.78 is 13.4. The number of thiophene rings is 1. The molecule has 3 aromatic rings. The second-order valence-electron chi connectivity index (χ2n) is 7.52. The number of fused-ring (bicyclic) bond motifs is 4. The summed E-state index contributed by atoms with van der Waals surface area (Å²) in [5.74, 6) is 0.573. The molecule has 1 aromatic carbocycles. The van der Waals surface area contributed by atoms with Crippen molar-refractivity contribution in [1.29, 1.82) is 0 Å². The highest BCUT2D eigenvalue weighted by Gasteiger charge is 2.35. The van der Waals surface area contributed by atoms with E-state index in [1.165, 1.54) is 29.8 Å². The number of piperidine rings is 3. The first-order valence-corrected chi connectivity index (χ1v) is 10.8. The normalized spacial score (nSPS) is 23.3. The maximum Gasteiger partial charge on any atom is 0.261 e. The van der Waals surface area contributed by atoms with Gasteiger partial charge in [-0.15, -0.1) is 11.3 Å². The molecule has 6 nitrogen and oxygen atoms in total. The number of hydrogen-bond acceptors (Lipinski definition) is 6. The molecule has 2 bridgehead atoms. The third-order valence-corrected chi connectivity index (χ3v) is 7.04. The fourth-order valence-electron chi connectivity index (χ4n) is 4.15. The molecule has 2 aromatic heterocycles. The van der Waals surface area contributed by atoms with E-state index in [9.17, 15) is 9.18 Å².